The standard InChI is InChI=1S/C24H32N2O2/c1-5-6-14-25-24(28)20(4)26(17-21-10-8-7-9-11-21)23(27)16-22-13-12-18(2)19(3)15-22/h7-13,15,20H,5-6,14,16-17H2,1-4H3,(H,25,28)/t20-/m0/s1. The average molecular weight is 381 g/mol. The Kier molecular flexibility index (Phi) is 8.24. The Labute approximate surface area is 169 Å². The number of nitrogens with zero attached hydrogens (tertiary/aromatic N) is 1. The van der Waals surface area contributed by atoms with Crippen LogP contribution in [0.1, 0.15) is 48.9 Å². The molecule has 1 N–H and O–H groups in total. The molecule has 0 saturated heterocycles. The molecule has 150 valence electrons. The highest BCUT2D eigenvalue weighted by Gasteiger charge is 2.26. The van der Waals surface area contributed by atoms with Gasteiger partial charge in [0.05, 0.1) is 6.42 Å². The Morgan fingerprint density at radius 3 is 2.36 bits per heavy atom. The zero-order chi connectivity index (χ0) is 20.5. The summed E-state index contributed by atoms with van der Waals surface area (Å²) in [7, 11) is 0. The molecule has 0 fully saturated rings. The minimum Gasteiger partial charge on any atom is -0.354 e. The fraction of sp³-hybridized carbons (Fsp3) is 0.417. The van der Waals surface area contributed by atoms with E-state index in [0.717, 1.165) is 24.0 Å². The topological polar surface area (TPSA) is 49.4 Å². The lowest BCUT2D eigenvalue weighted by molar-refractivity contribution is -0.140. The maximum absolute atomic E-state index is 13.1. The second-order valence-corrected chi connectivity index (χ2v) is 7.42. The van der Waals surface area contributed by atoms with Gasteiger partial charge in [0.25, 0.3) is 0 Å². The van der Waals surface area contributed by atoms with Crippen LogP contribution >= 0.6 is 0 Å². The van der Waals surface area contributed by atoms with E-state index < -0.39 is 6.04 Å². The molecule has 0 spiro atoms. The lowest BCUT2D eigenvalue weighted by Gasteiger charge is -2.29. The number of amides is 2. The van der Waals surface area contributed by atoms with Crippen LogP contribution in [0.25, 0.3) is 0 Å². The van der Waals surface area contributed by atoms with E-state index in [4.69, 9.17) is 0 Å². The molecule has 28 heavy (non-hydrogen) atoms. The molecule has 0 radical (unpaired) electrons. The van der Waals surface area contributed by atoms with Gasteiger partial charge in [-0.05, 0) is 49.4 Å². The van der Waals surface area contributed by atoms with Crippen LogP contribution in [-0.4, -0.2) is 29.3 Å². The van der Waals surface area contributed by atoms with E-state index in [1.165, 1.54) is 11.1 Å². The van der Waals surface area contributed by atoms with Crippen molar-refractivity contribution >= 4 is 11.8 Å². The van der Waals surface area contributed by atoms with Crippen LogP contribution in [0.15, 0.2) is 48.5 Å². The molecule has 2 aromatic rings. The molecule has 0 heterocycles. The van der Waals surface area contributed by atoms with Gasteiger partial charge in [-0.2, -0.15) is 0 Å². The summed E-state index contributed by atoms with van der Waals surface area (Å²) in [4.78, 5) is 27.4. The molecule has 0 bridgehead atoms. The number of rotatable bonds is 9. The van der Waals surface area contributed by atoms with Gasteiger partial charge in [0.2, 0.25) is 11.8 Å². The number of unbranched alkanes of at least 4 members (excludes halogenated alkanes) is 1. The summed E-state index contributed by atoms with van der Waals surface area (Å²) >= 11 is 0. The summed E-state index contributed by atoms with van der Waals surface area (Å²) in [6.07, 6.45) is 2.25. The van der Waals surface area contributed by atoms with Crippen molar-refractivity contribution in [1.82, 2.24) is 10.2 Å². The van der Waals surface area contributed by atoms with Gasteiger partial charge in [-0.1, -0.05) is 61.9 Å². The zero-order valence-electron chi connectivity index (χ0n) is 17.5. The summed E-state index contributed by atoms with van der Waals surface area (Å²) in [6.45, 7) is 9.07. The normalized spacial score (nSPS) is 11.7. The van der Waals surface area contributed by atoms with Crippen molar-refractivity contribution in [2.24, 2.45) is 0 Å². The molecule has 2 amide bonds. The Hall–Kier alpha value is -2.62. The molecule has 0 aliphatic heterocycles. The van der Waals surface area contributed by atoms with Gasteiger partial charge in [0.15, 0.2) is 0 Å². The second-order valence-electron chi connectivity index (χ2n) is 7.42. The molecular weight excluding hydrogens is 348 g/mol. The molecule has 0 unspecified atom stereocenters. The van der Waals surface area contributed by atoms with E-state index in [-0.39, 0.29) is 11.8 Å². The average Bonchev–Trinajstić information content (AvgIpc) is 2.69. The first-order valence-electron chi connectivity index (χ1n) is 10.1. The van der Waals surface area contributed by atoms with Gasteiger partial charge in [0, 0.05) is 13.1 Å². The van der Waals surface area contributed by atoms with Gasteiger partial charge in [-0.3, -0.25) is 9.59 Å². The number of hydrogen-bond donors (Lipinski definition) is 1. The third-order valence-electron chi connectivity index (χ3n) is 5.12. The van der Waals surface area contributed by atoms with E-state index in [0.29, 0.717) is 19.5 Å². The first kappa shape index (κ1) is 21.7. The lowest BCUT2D eigenvalue weighted by atomic mass is 10.0. The van der Waals surface area contributed by atoms with Crippen molar-refractivity contribution in [2.75, 3.05) is 6.54 Å². The first-order valence-corrected chi connectivity index (χ1v) is 10.1. The quantitative estimate of drug-likeness (QED) is 0.664. The van der Waals surface area contributed by atoms with Crippen LogP contribution in [0, 0.1) is 13.8 Å². The Morgan fingerprint density at radius 1 is 1.00 bits per heavy atom. The van der Waals surface area contributed by atoms with Crippen LogP contribution in [0.5, 0.6) is 0 Å². The minimum absolute atomic E-state index is 0.0368. The summed E-state index contributed by atoms with van der Waals surface area (Å²) in [6, 6.07) is 15.4. The van der Waals surface area contributed by atoms with Gasteiger partial charge in [-0.15, -0.1) is 0 Å². The van der Waals surface area contributed by atoms with Crippen molar-refractivity contribution in [3.05, 3.63) is 70.8 Å². The molecule has 1 atom stereocenters. The van der Waals surface area contributed by atoms with Crippen molar-refractivity contribution < 1.29 is 9.59 Å². The van der Waals surface area contributed by atoms with Crippen LogP contribution in [-0.2, 0) is 22.6 Å². The molecular formula is C24H32N2O2. The fourth-order valence-electron chi connectivity index (χ4n) is 3.09. The van der Waals surface area contributed by atoms with Crippen molar-refractivity contribution in [3.8, 4) is 0 Å². The van der Waals surface area contributed by atoms with E-state index >= 15 is 0 Å². The predicted octanol–water partition coefficient (Wildman–Crippen LogP) is 4.18. The van der Waals surface area contributed by atoms with Gasteiger partial charge < -0.3 is 10.2 Å². The third kappa shape index (κ3) is 6.22. The highest BCUT2D eigenvalue weighted by molar-refractivity contribution is 5.88. The van der Waals surface area contributed by atoms with Crippen LogP contribution in [0.3, 0.4) is 0 Å². The summed E-state index contributed by atoms with van der Waals surface area (Å²) in [5.41, 5.74) is 4.38. The molecule has 4 heteroatoms. The monoisotopic (exact) mass is 380 g/mol. The van der Waals surface area contributed by atoms with Crippen LogP contribution in [0.2, 0.25) is 0 Å². The molecule has 0 aliphatic rings. The van der Waals surface area contributed by atoms with Crippen molar-refractivity contribution in [3.63, 3.8) is 0 Å². The van der Waals surface area contributed by atoms with Crippen LogP contribution < -0.4 is 5.32 Å². The van der Waals surface area contributed by atoms with Gasteiger partial charge in [-0.25, -0.2) is 0 Å². The fourth-order valence-corrected chi connectivity index (χ4v) is 3.09. The molecule has 2 rings (SSSR count). The molecule has 2 aromatic carbocycles. The smallest absolute Gasteiger partial charge is 0.242 e. The number of carbonyl (C=O) groups excluding carboxylic acids is 2. The first-order chi connectivity index (χ1) is 13.4. The van der Waals surface area contributed by atoms with E-state index in [2.05, 4.69) is 32.2 Å². The number of hydrogen-bond acceptors (Lipinski definition) is 2. The maximum atomic E-state index is 13.1. The minimum atomic E-state index is -0.517. The number of benzene rings is 2. The Balaban J connectivity index is 2.17. The molecule has 0 saturated carbocycles. The van der Waals surface area contributed by atoms with Crippen molar-refractivity contribution in [1.29, 1.82) is 0 Å². The number of carbonyl (C=O) groups is 2. The number of nitrogens with one attached hydrogen (secondary N) is 1. The second kappa shape index (κ2) is 10.6. The third-order valence-corrected chi connectivity index (χ3v) is 5.12. The molecule has 4 nitrogen and oxygen atoms in total. The molecule has 0 aromatic heterocycles. The van der Waals surface area contributed by atoms with E-state index in [9.17, 15) is 9.59 Å². The Morgan fingerprint density at radius 2 is 1.71 bits per heavy atom. The summed E-state index contributed by atoms with van der Waals surface area (Å²) in [5, 5.41) is 2.95. The SMILES string of the molecule is CCCCNC(=O)[C@H](C)N(Cc1ccccc1)C(=O)Cc1ccc(C)c(C)c1. The van der Waals surface area contributed by atoms with E-state index in [1.54, 1.807) is 4.90 Å². The summed E-state index contributed by atoms with van der Waals surface area (Å²) in [5.74, 6) is -0.136. The largest absolute Gasteiger partial charge is 0.354 e. The summed E-state index contributed by atoms with van der Waals surface area (Å²) < 4.78 is 0. The van der Waals surface area contributed by atoms with Crippen LogP contribution in [0.4, 0.5) is 0 Å². The maximum Gasteiger partial charge on any atom is 0.242 e. The zero-order valence-corrected chi connectivity index (χ0v) is 17.5. The van der Waals surface area contributed by atoms with Gasteiger partial charge in [0.1, 0.15) is 6.04 Å². The lowest BCUT2D eigenvalue weighted by Crippen LogP contribution is -2.48. The van der Waals surface area contributed by atoms with Gasteiger partial charge >= 0.3 is 0 Å². The highest BCUT2D eigenvalue weighted by atomic mass is 16.2. The molecule has 0 aliphatic carbocycles. The van der Waals surface area contributed by atoms with E-state index in [1.807, 2.05) is 49.4 Å². The Bertz CT molecular complexity index is 786. The highest BCUT2D eigenvalue weighted by Crippen LogP contribution is 2.15. The number of aryl methyl sites for hydroxylation is 2. The van der Waals surface area contributed by atoms with Crippen molar-refractivity contribution in [2.45, 2.75) is 59.5 Å². The predicted molar refractivity (Wildman–Crippen MR) is 114 cm³/mol.